The standard InChI is InChI=1S/C23H28N2O6S/c1-5-6-21(26)24-19-11-9-18(10-12-19)22(27)17(4)31-23(28)16(3)25-32(29,30)20-13-7-15(2)8-14-20/h7-14,16-17,25H,5-6H2,1-4H3,(H,24,26)/t16-,17?/m0/s1. The molecule has 2 atom stereocenters. The number of ether oxygens (including phenoxy) is 1. The van der Waals surface area contributed by atoms with Gasteiger partial charge in [0.1, 0.15) is 6.04 Å². The van der Waals surface area contributed by atoms with Crippen LogP contribution in [0, 0.1) is 6.92 Å². The Kier molecular flexibility index (Phi) is 8.68. The van der Waals surface area contributed by atoms with E-state index in [1.165, 1.54) is 38.1 Å². The SMILES string of the molecule is CCCC(=O)Nc1ccc(C(=O)C(C)OC(=O)[C@H](C)NS(=O)(=O)c2ccc(C)cc2)cc1. The Hall–Kier alpha value is -3.04. The molecule has 32 heavy (non-hydrogen) atoms. The highest BCUT2D eigenvalue weighted by molar-refractivity contribution is 7.89. The first-order valence-electron chi connectivity index (χ1n) is 10.3. The lowest BCUT2D eigenvalue weighted by atomic mass is 10.1. The molecule has 2 aromatic rings. The van der Waals surface area contributed by atoms with Crippen LogP contribution in [0.15, 0.2) is 53.4 Å². The molecular weight excluding hydrogens is 432 g/mol. The summed E-state index contributed by atoms with van der Waals surface area (Å²) in [6.07, 6.45) is 0.0130. The van der Waals surface area contributed by atoms with Crippen LogP contribution < -0.4 is 10.0 Å². The number of rotatable bonds is 10. The molecule has 2 rings (SSSR count). The molecule has 0 bridgehead atoms. The van der Waals surface area contributed by atoms with Crippen molar-refractivity contribution in [3.63, 3.8) is 0 Å². The lowest BCUT2D eigenvalue weighted by Gasteiger charge is -2.17. The van der Waals surface area contributed by atoms with E-state index in [-0.39, 0.29) is 10.8 Å². The number of benzene rings is 2. The monoisotopic (exact) mass is 460 g/mol. The minimum absolute atomic E-state index is 0.0259. The van der Waals surface area contributed by atoms with Gasteiger partial charge in [-0.15, -0.1) is 0 Å². The van der Waals surface area contributed by atoms with Crippen molar-refractivity contribution in [2.24, 2.45) is 0 Å². The van der Waals surface area contributed by atoms with E-state index in [2.05, 4.69) is 10.0 Å². The Morgan fingerprint density at radius 3 is 2.12 bits per heavy atom. The number of aryl methyl sites for hydroxylation is 1. The molecule has 9 heteroatoms. The Labute approximate surface area is 188 Å². The average molecular weight is 461 g/mol. The number of esters is 1. The first kappa shape index (κ1) is 25.2. The molecule has 0 radical (unpaired) electrons. The molecule has 0 aliphatic carbocycles. The zero-order chi connectivity index (χ0) is 23.9. The highest BCUT2D eigenvalue weighted by atomic mass is 32.2. The maximum Gasteiger partial charge on any atom is 0.324 e. The van der Waals surface area contributed by atoms with Gasteiger partial charge < -0.3 is 10.1 Å². The van der Waals surface area contributed by atoms with Gasteiger partial charge in [-0.05, 0) is 63.6 Å². The molecule has 0 aromatic heterocycles. The third-order valence-electron chi connectivity index (χ3n) is 4.61. The Morgan fingerprint density at radius 1 is 0.969 bits per heavy atom. The van der Waals surface area contributed by atoms with E-state index in [0.29, 0.717) is 17.7 Å². The number of carbonyl (C=O) groups is 3. The van der Waals surface area contributed by atoms with E-state index in [9.17, 15) is 22.8 Å². The number of hydrogen-bond acceptors (Lipinski definition) is 6. The Bertz CT molecular complexity index is 1060. The molecule has 0 saturated carbocycles. The highest BCUT2D eigenvalue weighted by Gasteiger charge is 2.26. The summed E-state index contributed by atoms with van der Waals surface area (Å²) in [6.45, 7) is 6.49. The number of carbonyl (C=O) groups excluding carboxylic acids is 3. The van der Waals surface area contributed by atoms with E-state index in [1.54, 1.807) is 24.3 Å². The number of sulfonamides is 1. The average Bonchev–Trinajstić information content (AvgIpc) is 2.73. The molecule has 0 aliphatic rings. The predicted molar refractivity (Wildman–Crippen MR) is 121 cm³/mol. The molecular formula is C23H28N2O6S. The maximum absolute atomic E-state index is 12.6. The first-order chi connectivity index (χ1) is 15.0. The summed E-state index contributed by atoms with van der Waals surface area (Å²) in [5, 5.41) is 2.72. The summed E-state index contributed by atoms with van der Waals surface area (Å²) >= 11 is 0. The minimum atomic E-state index is -3.92. The molecule has 2 aromatic carbocycles. The van der Waals surface area contributed by atoms with Crippen LogP contribution >= 0.6 is 0 Å². The van der Waals surface area contributed by atoms with Crippen LogP contribution in [0.1, 0.15) is 49.5 Å². The fourth-order valence-corrected chi connectivity index (χ4v) is 3.99. The van der Waals surface area contributed by atoms with Gasteiger partial charge >= 0.3 is 5.97 Å². The van der Waals surface area contributed by atoms with Gasteiger partial charge in [0.05, 0.1) is 4.90 Å². The van der Waals surface area contributed by atoms with Gasteiger partial charge in [-0.25, -0.2) is 8.42 Å². The Balaban J connectivity index is 1.96. The largest absolute Gasteiger partial charge is 0.453 e. The topological polar surface area (TPSA) is 119 Å². The molecule has 172 valence electrons. The summed E-state index contributed by atoms with van der Waals surface area (Å²) in [7, 11) is -3.92. The van der Waals surface area contributed by atoms with Crippen LogP contribution in [0.3, 0.4) is 0 Å². The normalized spacial score (nSPS) is 13.1. The molecule has 1 amide bonds. The van der Waals surface area contributed by atoms with Gasteiger partial charge in [0.2, 0.25) is 21.7 Å². The molecule has 0 saturated heterocycles. The van der Waals surface area contributed by atoms with E-state index >= 15 is 0 Å². The zero-order valence-electron chi connectivity index (χ0n) is 18.5. The molecule has 0 aliphatic heterocycles. The van der Waals surface area contributed by atoms with Gasteiger partial charge in [0, 0.05) is 17.7 Å². The molecule has 0 heterocycles. The highest BCUT2D eigenvalue weighted by Crippen LogP contribution is 2.14. The number of ketones is 1. The lowest BCUT2D eigenvalue weighted by molar-refractivity contribution is -0.147. The van der Waals surface area contributed by atoms with E-state index in [1.807, 2.05) is 13.8 Å². The molecule has 8 nitrogen and oxygen atoms in total. The zero-order valence-corrected chi connectivity index (χ0v) is 19.4. The lowest BCUT2D eigenvalue weighted by Crippen LogP contribution is -2.41. The second-order valence-corrected chi connectivity index (χ2v) is 9.19. The van der Waals surface area contributed by atoms with Crippen molar-refractivity contribution in [2.75, 3.05) is 5.32 Å². The van der Waals surface area contributed by atoms with Crippen molar-refractivity contribution in [1.29, 1.82) is 0 Å². The second kappa shape index (κ2) is 11.0. The fourth-order valence-electron chi connectivity index (χ4n) is 2.80. The second-order valence-electron chi connectivity index (χ2n) is 7.47. The minimum Gasteiger partial charge on any atom is -0.453 e. The summed E-state index contributed by atoms with van der Waals surface area (Å²) in [5.41, 5.74) is 1.76. The van der Waals surface area contributed by atoms with Crippen LogP contribution in [-0.4, -0.2) is 38.2 Å². The van der Waals surface area contributed by atoms with Crippen molar-refractivity contribution in [3.05, 3.63) is 59.7 Å². The number of anilines is 1. The van der Waals surface area contributed by atoms with Crippen molar-refractivity contribution >= 4 is 33.4 Å². The summed E-state index contributed by atoms with van der Waals surface area (Å²) < 4.78 is 32.3. The van der Waals surface area contributed by atoms with Gasteiger partial charge in [-0.3, -0.25) is 14.4 Å². The molecule has 0 spiro atoms. The maximum atomic E-state index is 12.6. The quantitative estimate of drug-likeness (QED) is 0.415. The van der Waals surface area contributed by atoms with Crippen LogP contribution in [0.2, 0.25) is 0 Å². The van der Waals surface area contributed by atoms with Crippen molar-refractivity contribution < 1.29 is 27.5 Å². The van der Waals surface area contributed by atoms with Crippen LogP contribution in [0.5, 0.6) is 0 Å². The fraction of sp³-hybridized carbons (Fsp3) is 0.348. The van der Waals surface area contributed by atoms with Crippen molar-refractivity contribution in [1.82, 2.24) is 4.72 Å². The summed E-state index contributed by atoms with van der Waals surface area (Å²) in [6, 6.07) is 11.2. The van der Waals surface area contributed by atoms with Crippen LogP contribution in [0.25, 0.3) is 0 Å². The molecule has 1 unspecified atom stereocenters. The molecule has 0 fully saturated rings. The summed E-state index contributed by atoms with van der Waals surface area (Å²) in [4.78, 5) is 36.6. The van der Waals surface area contributed by atoms with Crippen LogP contribution in [0.4, 0.5) is 5.69 Å². The van der Waals surface area contributed by atoms with E-state index in [4.69, 9.17) is 4.74 Å². The van der Waals surface area contributed by atoms with Crippen molar-refractivity contribution in [3.8, 4) is 0 Å². The smallest absolute Gasteiger partial charge is 0.324 e. The number of nitrogens with one attached hydrogen (secondary N) is 2. The number of Topliss-reactive ketones (excluding diaryl/α,β-unsaturated/α-hetero) is 1. The molecule has 2 N–H and O–H groups in total. The van der Waals surface area contributed by atoms with Gasteiger partial charge in [0.15, 0.2) is 6.10 Å². The van der Waals surface area contributed by atoms with E-state index < -0.39 is 33.9 Å². The number of amides is 1. The van der Waals surface area contributed by atoms with Gasteiger partial charge in [-0.1, -0.05) is 24.6 Å². The van der Waals surface area contributed by atoms with Gasteiger partial charge in [0.25, 0.3) is 0 Å². The third-order valence-corrected chi connectivity index (χ3v) is 6.17. The first-order valence-corrected chi connectivity index (χ1v) is 11.8. The van der Waals surface area contributed by atoms with Gasteiger partial charge in [-0.2, -0.15) is 4.72 Å². The third kappa shape index (κ3) is 7.00. The van der Waals surface area contributed by atoms with Crippen molar-refractivity contribution in [2.45, 2.75) is 57.6 Å². The number of hydrogen-bond donors (Lipinski definition) is 2. The summed E-state index contributed by atoms with van der Waals surface area (Å²) in [5.74, 6) is -1.43. The Morgan fingerprint density at radius 2 is 1.56 bits per heavy atom. The van der Waals surface area contributed by atoms with Crippen LogP contribution in [-0.2, 0) is 24.3 Å². The predicted octanol–water partition coefficient (Wildman–Crippen LogP) is 3.22. The van der Waals surface area contributed by atoms with E-state index in [0.717, 1.165) is 12.0 Å².